The molecule has 3 heterocycles. The Balaban J connectivity index is 1.02. The molecule has 0 aliphatic heterocycles. The van der Waals surface area contributed by atoms with Crippen molar-refractivity contribution in [2.45, 2.75) is 31.1 Å². The average Bonchev–Trinajstić information content (AvgIpc) is 4.10. The van der Waals surface area contributed by atoms with Crippen LogP contribution in [0.25, 0.3) is 100 Å². The minimum absolute atomic E-state index is 0.0764. The SMILES string of the molecule is c1ccc(-c2ccc(-c3nc(-c4cccc(-n5c6ccccc6c6cc7c(cc65)C5(CCCC5)c5ccccc5-7)c4)nc(-n4c5ccccc5c5ccccc54)n3)cc2)cc1. The number of aromatic nitrogens is 5. The Morgan fingerprint density at radius 3 is 1.64 bits per heavy atom. The smallest absolute Gasteiger partial charge is 0.238 e. The highest BCUT2D eigenvalue weighted by atomic mass is 15.2. The van der Waals surface area contributed by atoms with Crippen LogP contribution in [0.1, 0.15) is 36.8 Å². The van der Waals surface area contributed by atoms with E-state index < -0.39 is 0 Å². The first-order chi connectivity index (χ1) is 30.2. The highest BCUT2D eigenvalue weighted by molar-refractivity contribution is 6.12. The molecule has 2 aliphatic carbocycles. The Labute approximate surface area is 353 Å². The summed E-state index contributed by atoms with van der Waals surface area (Å²) in [5.41, 5.74) is 15.6. The van der Waals surface area contributed by atoms with Gasteiger partial charge in [0.2, 0.25) is 5.95 Å². The van der Waals surface area contributed by atoms with Gasteiger partial charge in [0.05, 0.1) is 22.1 Å². The first-order valence-corrected chi connectivity index (χ1v) is 21.4. The van der Waals surface area contributed by atoms with Crippen molar-refractivity contribution >= 4 is 43.6 Å². The van der Waals surface area contributed by atoms with Crippen LogP contribution in [0.3, 0.4) is 0 Å². The van der Waals surface area contributed by atoms with Crippen molar-refractivity contribution in [1.29, 1.82) is 0 Å². The van der Waals surface area contributed by atoms with Crippen molar-refractivity contribution < 1.29 is 0 Å². The second kappa shape index (κ2) is 13.2. The average molecular weight is 782 g/mol. The van der Waals surface area contributed by atoms with Crippen molar-refractivity contribution in [1.82, 2.24) is 24.1 Å². The number of rotatable bonds is 5. The molecule has 0 radical (unpaired) electrons. The number of benzene rings is 8. The lowest BCUT2D eigenvalue weighted by Gasteiger charge is -2.26. The van der Waals surface area contributed by atoms with Crippen LogP contribution in [0.4, 0.5) is 0 Å². The molecule has 61 heavy (non-hydrogen) atoms. The number of nitrogens with zero attached hydrogens (tertiary/aromatic N) is 5. The molecule has 0 unspecified atom stereocenters. The molecule has 2 aliphatic rings. The molecule has 13 rings (SSSR count). The van der Waals surface area contributed by atoms with E-state index in [4.69, 9.17) is 15.0 Å². The lowest BCUT2D eigenvalue weighted by atomic mass is 9.76. The van der Waals surface area contributed by atoms with Crippen molar-refractivity contribution in [3.05, 3.63) is 199 Å². The summed E-state index contributed by atoms with van der Waals surface area (Å²) in [4.78, 5) is 15.9. The maximum absolute atomic E-state index is 5.33. The minimum atomic E-state index is 0.0764. The summed E-state index contributed by atoms with van der Waals surface area (Å²) in [6.45, 7) is 0. The van der Waals surface area contributed by atoms with E-state index in [-0.39, 0.29) is 5.41 Å². The molecule has 0 saturated heterocycles. The van der Waals surface area contributed by atoms with Gasteiger partial charge in [0.1, 0.15) is 0 Å². The van der Waals surface area contributed by atoms with E-state index in [9.17, 15) is 0 Å². The number of para-hydroxylation sites is 3. The lowest BCUT2D eigenvalue weighted by Crippen LogP contribution is -2.20. The van der Waals surface area contributed by atoms with Gasteiger partial charge in [-0.2, -0.15) is 9.97 Å². The van der Waals surface area contributed by atoms with Gasteiger partial charge in [0, 0.05) is 43.8 Å². The van der Waals surface area contributed by atoms with Gasteiger partial charge >= 0.3 is 0 Å². The van der Waals surface area contributed by atoms with Crippen LogP contribution in [0.5, 0.6) is 0 Å². The fourth-order valence-corrected chi connectivity index (χ4v) is 10.8. The van der Waals surface area contributed by atoms with E-state index >= 15 is 0 Å². The fraction of sp³-hybridized carbons (Fsp3) is 0.0893. The van der Waals surface area contributed by atoms with Gasteiger partial charge in [-0.05, 0) is 88.7 Å². The summed E-state index contributed by atoms with van der Waals surface area (Å²) in [6.07, 6.45) is 4.92. The van der Waals surface area contributed by atoms with Crippen LogP contribution >= 0.6 is 0 Å². The largest absolute Gasteiger partial charge is 0.309 e. The molecular formula is C56H39N5. The van der Waals surface area contributed by atoms with E-state index in [1.54, 1.807) is 0 Å². The molecule has 11 aromatic rings. The molecule has 0 amide bonds. The summed E-state index contributed by atoms with van der Waals surface area (Å²) in [6, 6.07) is 67.8. The Kier molecular flexibility index (Phi) is 7.41. The van der Waals surface area contributed by atoms with E-state index in [0.717, 1.165) is 44.2 Å². The van der Waals surface area contributed by atoms with Gasteiger partial charge in [-0.25, -0.2) is 4.98 Å². The van der Waals surface area contributed by atoms with Crippen molar-refractivity contribution in [2.75, 3.05) is 0 Å². The topological polar surface area (TPSA) is 48.5 Å². The molecule has 3 aromatic heterocycles. The van der Waals surface area contributed by atoms with Crippen molar-refractivity contribution in [2.24, 2.45) is 0 Å². The number of hydrogen-bond acceptors (Lipinski definition) is 3. The van der Waals surface area contributed by atoms with Gasteiger partial charge in [-0.1, -0.05) is 158 Å². The predicted molar refractivity (Wildman–Crippen MR) is 249 cm³/mol. The lowest BCUT2D eigenvalue weighted by molar-refractivity contribution is 0.550. The zero-order valence-electron chi connectivity index (χ0n) is 33.5. The fourth-order valence-electron chi connectivity index (χ4n) is 10.8. The Morgan fingerprint density at radius 2 is 0.918 bits per heavy atom. The van der Waals surface area contributed by atoms with E-state index in [0.29, 0.717) is 17.6 Å². The summed E-state index contributed by atoms with van der Waals surface area (Å²) in [5.74, 6) is 1.84. The van der Waals surface area contributed by atoms with E-state index in [1.165, 1.54) is 75.3 Å². The van der Waals surface area contributed by atoms with Crippen LogP contribution in [0.2, 0.25) is 0 Å². The molecule has 1 saturated carbocycles. The zero-order chi connectivity index (χ0) is 40.1. The maximum Gasteiger partial charge on any atom is 0.238 e. The normalized spacial score (nSPS) is 14.1. The Bertz CT molecular complexity index is 3480. The van der Waals surface area contributed by atoms with Crippen molar-refractivity contribution in [3.8, 4) is 56.7 Å². The van der Waals surface area contributed by atoms with Gasteiger partial charge < -0.3 is 4.57 Å². The Hall–Kier alpha value is -7.63. The minimum Gasteiger partial charge on any atom is -0.309 e. The van der Waals surface area contributed by atoms with E-state index in [2.05, 4.69) is 191 Å². The molecule has 1 fully saturated rings. The maximum atomic E-state index is 5.33. The van der Waals surface area contributed by atoms with E-state index in [1.807, 2.05) is 6.07 Å². The summed E-state index contributed by atoms with van der Waals surface area (Å²) < 4.78 is 4.64. The first-order valence-electron chi connectivity index (χ1n) is 21.4. The summed E-state index contributed by atoms with van der Waals surface area (Å²) in [7, 11) is 0. The molecule has 288 valence electrons. The van der Waals surface area contributed by atoms with Crippen LogP contribution in [0.15, 0.2) is 188 Å². The molecule has 5 heteroatoms. The third-order valence-corrected chi connectivity index (χ3v) is 13.5. The van der Waals surface area contributed by atoms with Crippen molar-refractivity contribution in [3.63, 3.8) is 0 Å². The summed E-state index contributed by atoms with van der Waals surface area (Å²) >= 11 is 0. The predicted octanol–water partition coefficient (Wildman–Crippen LogP) is 13.9. The Morgan fingerprint density at radius 1 is 0.361 bits per heavy atom. The first kappa shape index (κ1) is 34.3. The molecular weight excluding hydrogens is 743 g/mol. The second-order valence-electron chi connectivity index (χ2n) is 16.7. The standard InChI is InChI=1S/C56H39N5/c1-2-15-36(16-3-1)37-27-29-38(30-28-37)53-57-54(59-55(58-53)61-50-25-10-5-20-42(50)43-21-6-11-26-51(43)61)39-17-14-18-40(33-39)60-49-24-9-7-22-44(49)46-34-45-41-19-4-8-23-47(41)56(31-12-13-32-56)48(45)35-52(46)60/h1-11,14-30,33-35H,12-13,31-32H2. The molecule has 8 aromatic carbocycles. The molecule has 0 N–H and O–H groups in total. The summed E-state index contributed by atoms with van der Waals surface area (Å²) in [5, 5.41) is 4.86. The van der Waals surface area contributed by atoms with Gasteiger partial charge in [-0.15, -0.1) is 0 Å². The third-order valence-electron chi connectivity index (χ3n) is 13.5. The highest BCUT2D eigenvalue weighted by Crippen LogP contribution is 2.58. The van der Waals surface area contributed by atoms with Crippen LogP contribution in [-0.2, 0) is 5.41 Å². The highest BCUT2D eigenvalue weighted by Gasteiger charge is 2.45. The quantitative estimate of drug-likeness (QED) is 0.175. The molecule has 0 bridgehead atoms. The van der Waals surface area contributed by atoms with Gasteiger partial charge in [0.25, 0.3) is 0 Å². The molecule has 0 atom stereocenters. The van der Waals surface area contributed by atoms with Crippen LogP contribution in [-0.4, -0.2) is 24.1 Å². The van der Waals surface area contributed by atoms with Crippen LogP contribution in [0, 0.1) is 0 Å². The van der Waals surface area contributed by atoms with Gasteiger partial charge in [0.15, 0.2) is 11.6 Å². The monoisotopic (exact) mass is 781 g/mol. The molecule has 1 spiro atoms. The number of fused-ring (bicyclic) bond motifs is 11. The zero-order valence-corrected chi connectivity index (χ0v) is 33.5. The third kappa shape index (κ3) is 5.10. The molecule has 5 nitrogen and oxygen atoms in total. The second-order valence-corrected chi connectivity index (χ2v) is 16.7. The van der Waals surface area contributed by atoms with Crippen LogP contribution < -0.4 is 0 Å². The number of hydrogen-bond donors (Lipinski definition) is 0. The van der Waals surface area contributed by atoms with Gasteiger partial charge in [-0.3, -0.25) is 4.57 Å².